The number of allylic oxidation sites excluding steroid dienone is 1. The first-order valence-corrected chi connectivity index (χ1v) is 5.25. The Morgan fingerprint density at radius 2 is 2.15 bits per heavy atom. The summed E-state index contributed by atoms with van der Waals surface area (Å²) in [6.07, 6.45) is 5.49. The van der Waals surface area contributed by atoms with Gasteiger partial charge in [0.1, 0.15) is 0 Å². The number of fused-ring (bicyclic) bond motifs is 3. The second-order valence-electron chi connectivity index (χ2n) is 4.56. The van der Waals surface area contributed by atoms with Gasteiger partial charge >= 0.3 is 0 Å². The van der Waals surface area contributed by atoms with E-state index in [1.807, 2.05) is 6.08 Å². The van der Waals surface area contributed by atoms with Crippen molar-refractivity contribution in [1.82, 2.24) is 4.90 Å². The molecule has 3 saturated heterocycles. The topological polar surface area (TPSA) is 23.5 Å². The van der Waals surface area contributed by atoms with Crippen LogP contribution >= 0.6 is 0 Å². The van der Waals surface area contributed by atoms with Crippen LogP contribution in [-0.4, -0.2) is 36.2 Å². The van der Waals surface area contributed by atoms with E-state index in [2.05, 4.69) is 11.5 Å². The zero-order valence-corrected chi connectivity index (χ0v) is 8.21. The van der Waals surface area contributed by atoms with Crippen LogP contribution in [0, 0.1) is 11.3 Å². The van der Waals surface area contributed by atoms with E-state index in [1.54, 1.807) is 0 Å². The molecule has 2 nitrogen and oxygen atoms in total. The molecular weight excluding hydrogens is 162 g/mol. The first kappa shape index (κ1) is 9.22. The highest BCUT2D eigenvalue weighted by Crippen LogP contribution is 2.44. The fourth-order valence-corrected chi connectivity index (χ4v) is 3.04. The van der Waals surface area contributed by atoms with E-state index >= 15 is 0 Å². The lowest BCUT2D eigenvalue weighted by molar-refractivity contribution is -0.0598. The summed E-state index contributed by atoms with van der Waals surface area (Å²) < 4.78 is 0. The summed E-state index contributed by atoms with van der Waals surface area (Å²) in [6.45, 7) is 7.70. The van der Waals surface area contributed by atoms with Gasteiger partial charge in [-0.2, -0.15) is 0 Å². The van der Waals surface area contributed by atoms with Crippen LogP contribution in [0.3, 0.4) is 0 Å². The molecule has 0 amide bonds. The standard InChI is InChI=1S/C11H19NO/c1-2-5-11(9-13)8-12-6-3-10(11)4-7-12/h2,10,13H,1,3-9H2. The maximum absolute atomic E-state index is 9.52. The fraction of sp³-hybridized carbons (Fsp3) is 0.818. The molecule has 0 radical (unpaired) electrons. The molecule has 0 aromatic heterocycles. The minimum absolute atomic E-state index is 0.151. The van der Waals surface area contributed by atoms with E-state index in [9.17, 15) is 5.11 Å². The highest BCUT2D eigenvalue weighted by Gasteiger charge is 2.45. The number of hydrogen-bond donors (Lipinski definition) is 1. The number of aliphatic hydroxyl groups excluding tert-OH is 1. The molecule has 2 bridgehead atoms. The van der Waals surface area contributed by atoms with Crippen LogP contribution in [0.1, 0.15) is 19.3 Å². The van der Waals surface area contributed by atoms with Crippen molar-refractivity contribution in [2.45, 2.75) is 19.3 Å². The molecule has 3 rings (SSSR count). The van der Waals surface area contributed by atoms with Gasteiger partial charge in [0.2, 0.25) is 0 Å². The Hall–Kier alpha value is -0.340. The van der Waals surface area contributed by atoms with Crippen LogP contribution in [0.5, 0.6) is 0 Å². The van der Waals surface area contributed by atoms with E-state index in [4.69, 9.17) is 0 Å². The van der Waals surface area contributed by atoms with Crippen LogP contribution < -0.4 is 0 Å². The van der Waals surface area contributed by atoms with Crippen LogP contribution in [0.2, 0.25) is 0 Å². The minimum Gasteiger partial charge on any atom is -0.396 e. The SMILES string of the molecule is C=CCC1(CO)CN2CCC1CC2. The predicted molar refractivity (Wildman–Crippen MR) is 53.5 cm³/mol. The highest BCUT2D eigenvalue weighted by molar-refractivity contribution is 5.00. The summed E-state index contributed by atoms with van der Waals surface area (Å²) in [6, 6.07) is 0. The third kappa shape index (κ3) is 1.42. The number of hydrogen-bond acceptors (Lipinski definition) is 2. The summed E-state index contributed by atoms with van der Waals surface area (Å²) >= 11 is 0. The maximum Gasteiger partial charge on any atom is 0.0505 e. The normalized spacial score (nSPS) is 43.5. The molecule has 3 fully saturated rings. The van der Waals surface area contributed by atoms with Crippen LogP contribution in [0.25, 0.3) is 0 Å². The van der Waals surface area contributed by atoms with Crippen molar-refractivity contribution in [2.75, 3.05) is 26.2 Å². The molecule has 1 atom stereocenters. The van der Waals surface area contributed by atoms with Gasteiger partial charge in [0, 0.05) is 12.0 Å². The summed E-state index contributed by atoms with van der Waals surface area (Å²) in [5, 5.41) is 9.52. The molecule has 0 aromatic carbocycles. The first-order valence-electron chi connectivity index (χ1n) is 5.25. The highest BCUT2D eigenvalue weighted by atomic mass is 16.3. The van der Waals surface area contributed by atoms with Gasteiger partial charge in [-0.3, -0.25) is 0 Å². The second kappa shape index (κ2) is 3.43. The van der Waals surface area contributed by atoms with Gasteiger partial charge < -0.3 is 10.0 Å². The van der Waals surface area contributed by atoms with Crippen LogP contribution in [-0.2, 0) is 0 Å². The molecule has 74 valence electrons. The molecule has 0 aromatic rings. The van der Waals surface area contributed by atoms with Gasteiger partial charge in [-0.15, -0.1) is 6.58 Å². The molecule has 3 aliphatic rings. The molecule has 0 saturated carbocycles. The largest absolute Gasteiger partial charge is 0.396 e. The van der Waals surface area contributed by atoms with Gasteiger partial charge in [-0.1, -0.05) is 6.08 Å². The van der Waals surface area contributed by atoms with E-state index < -0.39 is 0 Å². The quantitative estimate of drug-likeness (QED) is 0.663. The summed E-state index contributed by atoms with van der Waals surface area (Å²) in [7, 11) is 0. The Labute approximate surface area is 80.2 Å². The van der Waals surface area contributed by atoms with Crippen molar-refractivity contribution in [2.24, 2.45) is 11.3 Å². The maximum atomic E-state index is 9.52. The molecule has 2 heteroatoms. The Morgan fingerprint density at radius 3 is 2.54 bits per heavy atom. The molecule has 13 heavy (non-hydrogen) atoms. The molecule has 1 N–H and O–H groups in total. The third-order valence-electron chi connectivity index (χ3n) is 3.86. The van der Waals surface area contributed by atoms with Crippen LogP contribution in [0.15, 0.2) is 12.7 Å². The van der Waals surface area contributed by atoms with Gasteiger partial charge in [0.15, 0.2) is 0 Å². The Balaban J connectivity index is 2.15. The zero-order chi connectivity index (χ0) is 9.31. The Bertz CT molecular complexity index is 196. The number of piperidine rings is 3. The molecule has 3 heterocycles. The van der Waals surface area contributed by atoms with E-state index in [0.717, 1.165) is 18.9 Å². The van der Waals surface area contributed by atoms with Crippen molar-refractivity contribution >= 4 is 0 Å². The van der Waals surface area contributed by atoms with Gasteiger partial charge in [0.05, 0.1) is 6.61 Å². The first-order chi connectivity index (χ1) is 6.30. The van der Waals surface area contributed by atoms with Gasteiger partial charge in [-0.25, -0.2) is 0 Å². The molecule has 0 spiro atoms. The summed E-state index contributed by atoms with van der Waals surface area (Å²) in [5.74, 6) is 0.737. The average molecular weight is 181 g/mol. The van der Waals surface area contributed by atoms with Gasteiger partial charge in [0.25, 0.3) is 0 Å². The summed E-state index contributed by atoms with van der Waals surface area (Å²) in [4.78, 5) is 2.49. The molecular formula is C11H19NO. The van der Waals surface area contributed by atoms with Crippen molar-refractivity contribution in [3.05, 3.63) is 12.7 Å². The monoisotopic (exact) mass is 181 g/mol. The minimum atomic E-state index is 0.151. The van der Waals surface area contributed by atoms with Gasteiger partial charge in [-0.05, 0) is 38.3 Å². The lowest BCUT2D eigenvalue weighted by Crippen LogP contribution is -2.56. The van der Waals surface area contributed by atoms with Crippen molar-refractivity contribution in [3.8, 4) is 0 Å². The molecule has 3 aliphatic heterocycles. The third-order valence-corrected chi connectivity index (χ3v) is 3.86. The van der Waals surface area contributed by atoms with Crippen LogP contribution in [0.4, 0.5) is 0 Å². The molecule has 1 unspecified atom stereocenters. The lowest BCUT2D eigenvalue weighted by atomic mass is 9.65. The fourth-order valence-electron chi connectivity index (χ4n) is 3.04. The number of aliphatic hydroxyl groups is 1. The Kier molecular flexibility index (Phi) is 2.43. The molecule has 0 aliphatic carbocycles. The zero-order valence-electron chi connectivity index (χ0n) is 8.21. The smallest absolute Gasteiger partial charge is 0.0505 e. The van der Waals surface area contributed by atoms with E-state index in [-0.39, 0.29) is 5.41 Å². The van der Waals surface area contributed by atoms with E-state index in [0.29, 0.717) is 6.61 Å². The number of nitrogens with zero attached hydrogens (tertiary/aromatic N) is 1. The average Bonchev–Trinajstić information content (AvgIpc) is 2.20. The predicted octanol–water partition coefficient (Wildman–Crippen LogP) is 1.27. The van der Waals surface area contributed by atoms with Crippen molar-refractivity contribution in [1.29, 1.82) is 0 Å². The number of rotatable bonds is 3. The lowest BCUT2D eigenvalue weighted by Gasteiger charge is -2.52. The second-order valence-corrected chi connectivity index (χ2v) is 4.56. The van der Waals surface area contributed by atoms with Crippen molar-refractivity contribution in [3.63, 3.8) is 0 Å². The Morgan fingerprint density at radius 1 is 1.46 bits per heavy atom. The van der Waals surface area contributed by atoms with E-state index in [1.165, 1.54) is 25.9 Å². The van der Waals surface area contributed by atoms with Crippen molar-refractivity contribution < 1.29 is 5.11 Å². The summed E-state index contributed by atoms with van der Waals surface area (Å²) in [5.41, 5.74) is 0.151.